The van der Waals surface area contributed by atoms with Gasteiger partial charge in [-0.2, -0.15) is 5.48 Å². The maximum absolute atomic E-state index is 14.0. The van der Waals surface area contributed by atoms with Crippen molar-refractivity contribution < 1.29 is 14.0 Å². The van der Waals surface area contributed by atoms with Gasteiger partial charge >= 0.3 is 0 Å². The molecule has 1 aromatic carbocycles. The van der Waals surface area contributed by atoms with E-state index in [2.05, 4.69) is 5.48 Å². The molecule has 92 valence electrons. The number of hydrogen-bond donors (Lipinski definition) is 1. The van der Waals surface area contributed by atoms with E-state index in [4.69, 9.17) is 9.57 Å². The van der Waals surface area contributed by atoms with Crippen LogP contribution in [0.15, 0.2) is 24.3 Å². The summed E-state index contributed by atoms with van der Waals surface area (Å²) in [6, 6.07) is 6.91. The fourth-order valence-corrected chi connectivity index (χ4v) is 3.12. The first kappa shape index (κ1) is 11.1. The van der Waals surface area contributed by atoms with Crippen molar-refractivity contribution in [3.05, 3.63) is 35.6 Å². The molecule has 0 spiro atoms. The van der Waals surface area contributed by atoms with Gasteiger partial charge < -0.3 is 9.57 Å². The molecule has 4 heteroatoms. The first-order chi connectivity index (χ1) is 8.26. The molecule has 0 radical (unpaired) electrons. The number of hydroxylamine groups is 1. The van der Waals surface area contributed by atoms with Crippen LogP contribution in [0.2, 0.25) is 0 Å². The maximum atomic E-state index is 14.0. The third-order valence-corrected chi connectivity index (χ3v) is 4.02. The predicted octanol–water partition coefficient (Wildman–Crippen LogP) is 1.98. The molecule has 1 heterocycles. The topological polar surface area (TPSA) is 30.5 Å². The van der Waals surface area contributed by atoms with E-state index < -0.39 is 5.54 Å². The molecule has 2 fully saturated rings. The molecule has 2 unspecified atom stereocenters. The summed E-state index contributed by atoms with van der Waals surface area (Å²) < 4.78 is 19.4. The predicted molar refractivity (Wildman–Crippen MR) is 60.7 cm³/mol. The van der Waals surface area contributed by atoms with Crippen LogP contribution in [0, 0.1) is 11.7 Å². The zero-order chi connectivity index (χ0) is 11.9. The lowest BCUT2D eigenvalue weighted by Gasteiger charge is -2.28. The minimum Gasteiger partial charge on any atom is -0.381 e. The normalized spacial score (nSPS) is 36.1. The van der Waals surface area contributed by atoms with Gasteiger partial charge in [-0.3, -0.25) is 0 Å². The van der Waals surface area contributed by atoms with Crippen LogP contribution in [0.4, 0.5) is 4.39 Å². The molecule has 17 heavy (non-hydrogen) atoms. The van der Waals surface area contributed by atoms with Gasteiger partial charge in [0.05, 0.1) is 18.2 Å². The zero-order valence-corrected chi connectivity index (χ0v) is 9.78. The van der Waals surface area contributed by atoms with Gasteiger partial charge in [0.1, 0.15) is 5.82 Å². The van der Waals surface area contributed by atoms with Crippen LogP contribution >= 0.6 is 0 Å². The van der Waals surface area contributed by atoms with Gasteiger partial charge in [-0.05, 0) is 18.9 Å². The Labute approximate surface area is 99.9 Å². The molecular weight excluding hydrogens is 221 g/mol. The minimum absolute atomic E-state index is 0.174. The first-order valence-electron chi connectivity index (χ1n) is 5.93. The van der Waals surface area contributed by atoms with Gasteiger partial charge in [0, 0.05) is 18.6 Å². The Bertz CT molecular complexity index is 426. The van der Waals surface area contributed by atoms with E-state index in [1.54, 1.807) is 13.2 Å². The highest BCUT2D eigenvalue weighted by Gasteiger charge is 2.53. The number of nitrogens with one attached hydrogen (secondary N) is 1. The van der Waals surface area contributed by atoms with Crippen molar-refractivity contribution >= 4 is 0 Å². The Morgan fingerprint density at radius 3 is 3.06 bits per heavy atom. The Morgan fingerprint density at radius 1 is 1.47 bits per heavy atom. The van der Waals surface area contributed by atoms with Crippen molar-refractivity contribution in [3.8, 4) is 0 Å². The van der Waals surface area contributed by atoms with Crippen LogP contribution in [-0.4, -0.2) is 19.8 Å². The van der Waals surface area contributed by atoms with Gasteiger partial charge in [0.2, 0.25) is 0 Å². The van der Waals surface area contributed by atoms with Crippen LogP contribution in [-0.2, 0) is 15.1 Å². The number of hydrogen-bond acceptors (Lipinski definition) is 3. The molecule has 3 atom stereocenters. The molecule has 2 aliphatic rings. The molecule has 1 aromatic rings. The van der Waals surface area contributed by atoms with Gasteiger partial charge in [0.15, 0.2) is 0 Å². The summed E-state index contributed by atoms with van der Waals surface area (Å²) in [5.74, 6) is 0.108. The number of rotatable bonds is 2. The number of methoxy groups -OCH3 is 1. The van der Waals surface area contributed by atoms with E-state index in [9.17, 15) is 4.39 Å². The van der Waals surface area contributed by atoms with Crippen LogP contribution in [0.5, 0.6) is 0 Å². The minimum atomic E-state index is -0.411. The number of benzene rings is 1. The first-order valence-corrected chi connectivity index (χ1v) is 5.93. The monoisotopic (exact) mass is 237 g/mol. The molecule has 1 aliphatic carbocycles. The zero-order valence-electron chi connectivity index (χ0n) is 9.78. The third kappa shape index (κ3) is 1.59. The van der Waals surface area contributed by atoms with Crippen molar-refractivity contribution in [1.82, 2.24) is 5.48 Å². The fourth-order valence-electron chi connectivity index (χ4n) is 3.12. The molecule has 1 aliphatic heterocycles. The highest BCUT2D eigenvalue weighted by Crippen LogP contribution is 2.48. The summed E-state index contributed by atoms with van der Waals surface area (Å²) >= 11 is 0. The lowest BCUT2D eigenvalue weighted by molar-refractivity contribution is 0.0271. The lowest BCUT2D eigenvalue weighted by atomic mass is 9.82. The second-order valence-electron chi connectivity index (χ2n) is 4.86. The molecule has 1 N–H and O–H groups in total. The Kier molecular flexibility index (Phi) is 2.65. The summed E-state index contributed by atoms with van der Waals surface area (Å²) in [5, 5.41) is 0. The Morgan fingerprint density at radius 2 is 2.29 bits per heavy atom. The van der Waals surface area contributed by atoms with E-state index in [1.165, 1.54) is 6.07 Å². The van der Waals surface area contributed by atoms with E-state index in [-0.39, 0.29) is 17.8 Å². The van der Waals surface area contributed by atoms with Crippen molar-refractivity contribution in [3.63, 3.8) is 0 Å². The SMILES string of the molecule is CO[C@@H]1CC2CONC2(c2ccccc2F)C1. The molecule has 1 saturated heterocycles. The highest BCUT2D eigenvalue weighted by molar-refractivity contribution is 5.30. The maximum Gasteiger partial charge on any atom is 0.128 e. The third-order valence-electron chi connectivity index (χ3n) is 4.02. The van der Waals surface area contributed by atoms with Gasteiger partial charge in [-0.15, -0.1) is 0 Å². The average molecular weight is 237 g/mol. The van der Waals surface area contributed by atoms with E-state index in [0.717, 1.165) is 12.8 Å². The van der Waals surface area contributed by atoms with Crippen LogP contribution in [0.25, 0.3) is 0 Å². The Balaban J connectivity index is 2.02. The summed E-state index contributed by atoms with van der Waals surface area (Å²) in [4.78, 5) is 5.34. The quantitative estimate of drug-likeness (QED) is 0.853. The van der Waals surface area contributed by atoms with Crippen molar-refractivity contribution in [2.75, 3.05) is 13.7 Å². The molecular formula is C13H16FNO2. The molecule has 0 amide bonds. The molecule has 3 nitrogen and oxygen atoms in total. The van der Waals surface area contributed by atoms with Crippen molar-refractivity contribution in [1.29, 1.82) is 0 Å². The summed E-state index contributed by atoms with van der Waals surface area (Å²) in [6.07, 6.45) is 1.85. The molecule has 0 aromatic heterocycles. The van der Waals surface area contributed by atoms with Crippen LogP contribution in [0.1, 0.15) is 18.4 Å². The lowest BCUT2D eigenvalue weighted by Crippen LogP contribution is -2.39. The van der Waals surface area contributed by atoms with Gasteiger partial charge in [-0.1, -0.05) is 18.2 Å². The van der Waals surface area contributed by atoms with Crippen molar-refractivity contribution in [2.45, 2.75) is 24.5 Å². The number of fused-ring (bicyclic) bond motifs is 1. The highest BCUT2D eigenvalue weighted by atomic mass is 19.1. The van der Waals surface area contributed by atoms with Gasteiger partial charge in [-0.25, -0.2) is 4.39 Å². The largest absolute Gasteiger partial charge is 0.381 e. The van der Waals surface area contributed by atoms with E-state index in [1.807, 2.05) is 12.1 Å². The van der Waals surface area contributed by atoms with E-state index >= 15 is 0 Å². The molecule has 3 rings (SSSR count). The second-order valence-corrected chi connectivity index (χ2v) is 4.86. The molecule has 0 bridgehead atoms. The van der Waals surface area contributed by atoms with Crippen LogP contribution in [0.3, 0.4) is 0 Å². The number of halogens is 1. The van der Waals surface area contributed by atoms with Crippen molar-refractivity contribution in [2.24, 2.45) is 5.92 Å². The smallest absolute Gasteiger partial charge is 0.128 e. The van der Waals surface area contributed by atoms with Gasteiger partial charge in [0.25, 0.3) is 0 Å². The second kappa shape index (κ2) is 4.05. The summed E-state index contributed by atoms with van der Waals surface area (Å²) in [5.41, 5.74) is 3.32. The van der Waals surface area contributed by atoms with E-state index in [0.29, 0.717) is 12.2 Å². The summed E-state index contributed by atoms with van der Waals surface area (Å²) in [6.45, 7) is 0.619. The fraction of sp³-hybridized carbons (Fsp3) is 0.538. The standard InChI is InChI=1S/C13H16FNO2/c1-16-10-6-9-8-17-15-13(9,7-10)11-4-2-3-5-12(11)14/h2-5,9-10,15H,6-8H2,1H3/t9?,10-,13?/m1/s1. The Hall–Kier alpha value is -0.970. The number of ether oxygens (including phenoxy) is 1. The molecule has 1 saturated carbocycles. The summed E-state index contributed by atoms with van der Waals surface area (Å²) in [7, 11) is 1.71. The van der Waals surface area contributed by atoms with Crippen LogP contribution < -0.4 is 5.48 Å². The average Bonchev–Trinajstić information content (AvgIpc) is 2.86.